The van der Waals surface area contributed by atoms with Gasteiger partial charge in [-0.3, -0.25) is 0 Å². The van der Waals surface area contributed by atoms with E-state index in [4.69, 9.17) is 0 Å². The monoisotopic (exact) mass is 114 g/mol. The summed E-state index contributed by atoms with van der Waals surface area (Å²) in [7, 11) is 10.8. The fourth-order valence-corrected chi connectivity index (χ4v) is 1.03. The van der Waals surface area contributed by atoms with Gasteiger partial charge in [-0.1, -0.05) is 6.82 Å². The fraction of sp³-hybridized carbons (Fsp3) is 1.00. The van der Waals surface area contributed by atoms with E-state index in [0.29, 0.717) is 0 Å². The molecule has 0 spiro atoms. The van der Waals surface area contributed by atoms with Crippen LogP contribution in [0.5, 0.6) is 0 Å². The molecule has 0 radical (unpaired) electrons. The van der Waals surface area contributed by atoms with Crippen molar-refractivity contribution in [3.8, 4) is 0 Å². The molecule has 0 unspecified atom stereocenters. The molecule has 0 nitrogen and oxygen atoms in total. The quantitative estimate of drug-likeness (QED) is 0.245. The SMILES string of the molecule is BBBBBCBBC. The first kappa shape index (κ1) is 9.45. The minimum Gasteiger partial charge on any atom is -0.114 e. The van der Waals surface area contributed by atoms with E-state index in [0.717, 1.165) is 0 Å². The van der Waals surface area contributed by atoms with Crippen molar-refractivity contribution in [1.29, 1.82) is 0 Å². The molecule has 42 valence electrons. The lowest BCUT2D eigenvalue weighted by molar-refractivity contribution is 2.08. The number of hydrogen-bond acceptors (Lipinski definition) is 0. The van der Waals surface area contributed by atoms with Gasteiger partial charge in [0.15, 0.2) is 0 Å². The van der Waals surface area contributed by atoms with Crippen molar-refractivity contribution in [2.75, 3.05) is 0 Å². The largest absolute Gasteiger partial charge is 0.114 e. The number of rotatable bonds is 6. The van der Waals surface area contributed by atoms with E-state index in [1.165, 1.54) is 48.9 Å². The van der Waals surface area contributed by atoms with E-state index >= 15 is 0 Å². The molecule has 0 aliphatic heterocycles. The molecule has 0 fully saturated rings. The van der Waals surface area contributed by atoms with Crippen LogP contribution in [0.4, 0.5) is 0 Å². The summed E-state index contributed by atoms with van der Waals surface area (Å²) in [5, 5.41) is 0. The minimum absolute atomic E-state index is 1.37. The van der Waals surface area contributed by atoms with Gasteiger partial charge in [-0.05, 0) is 0 Å². The van der Waals surface area contributed by atoms with Crippen LogP contribution in [0.1, 0.15) is 0 Å². The van der Waals surface area contributed by atoms with Gasteiger partial charge in [0.2, 0.25) is 0 Å². The van der Waals surface area contributed by atoms with Gasteiger partial charge in [-0.15, -0.1) is 6.22 Å². The van der Waals surface area contributed by atoms with Crippen molar-refractivity contribution >= 4 is 50.4 Å². The van der Waals surface area contributed by atoms with Gasteiger partial charge < -0.3 is 0 Å². The van der Waals surface area contributed by atoms with Crippen molar-refractivity contribution in [2.24, 2.45) is 0 Å². The van der Waals surface area contributed by atoms with Crippen LogP contribution >= 0.6 is 0 Å². The average molecular weight is 113 g/mol. The van der Waals surface area contributed by atoms with Crippen LogP contribution in [-0.2, 0) is 0 Å². The molecule has 0 aromatic carbocycles. The molecule has 0 atom stereocenters. The zero-order chi connectivity index (χ0) is 6.95. The highest BCUT2D eigenvalue weighted by Crippen LogP contribution is 1.70. The maximum absolute atomic E-state index is 2.26. The van der Waals surface area contributed by atoms with Crippen LogP contribution in [0.3, 0.4) is 0 Å². The lowest BCUT2D eigenvalue weighted by atomic mass is 9.02. The fourth-order valence-electron chi connectivity index (χ4n) is 1.03. The van der Waals surface area contributed by atoms with Crippen molar-refractivity contribution in [1.82, 2.24) is 0 Å². The Morgan fingerprint density at radius 1 is 1.22 bits per heavy atom. The first-order valence-electron chi connectivity index (χ1n) is 4.41. The average Bonchev–Trinajstić information content (AvgIpc) is 1.89. The summed E-state index contributed by atoms with van der Waals surface area (Å²) in [5.74, 6) is 0. The van der Waals surface area contributed by atoms with E-state index in [1.807, 2.05) is 0 Å². The van der Waals surface area contributed by atoms with Crippen molar-refractivity contribution in [3.05, 3.63) is 0 Å². The Morgan fingerprint density at radius 3 is 2.56 bits per heavy atom. The topological polar surface area (TPSA) is 0 Å². The molecule has 0 rings (SSSR count). The summed E-state index contributed by atoms with van der Waals surface area (Å²) >= 11 is 0. The molecule has 9 heavy (non-hydrogen) atoms. The summed E-state index contributed by atoms with van der Waals surface area (Å²) < 4.78 is 0. The molecule has 0 amide bonds. The molecule has 0 N–H and O–H groups in total. The highest BCUT2D eigenvalue weighted by atomic mass is 13.2. The summed E-state index contributed by atoms with van der Waals surface area (Å²) in [4.78, 5) is 0. The van der Waals surface area contributed by atoms with Gasteiger partial charge in [0.25, 0.3) is 0 Å². The highest BCUT2D eigenvalue weighted by molar-refractivity contribution is 7.51. The third-order valence-corrected chi connectivity index (χ3v) is 1.71. The summed E-state index contributed by atoms with van der Waals surface area (Å²) in [6.45, 7) is 2.26. The van der Waals surface area contributed by atoms with Crippen molar-refractivity contribution < 1.29 is 0 Å². The first-order chi connectivity index (χ1) is 4.41. The Morgan fingerprint density at radius 2 is 2.00 bits per heavy atom. The second kappa shape index (κ2) is 8.45. The molecule has 0 bridgehead atoms. The van der Waals surface area contributed by atoms with Crippen LogP contribution in [0, 0.1) is 0 Å². The van der Waals surface area contributed by atoms with E-state index in [-0.39, 0.29) is 0 Å². The van der Waals surface area contributed by atoms with Crippen LogP contribution in [0.2, 0.25) is 13.0 Å². The third-order valence-electron chi connectivity index (χ3n) is 1.71. The van der Waals surface area contributed by atoms with Gasteiger partial charge in [0, 0.05) is 21.2 Å². The van der Waals surface area contributed by atoms with Gasteiger partial charge in [-0.2, -0.15) is 0 Å². The number of hydrogen-bond donors (Lipinski definition) is 0. The lowest BCUT2D eigenvalue weighted by Crippen LogP contribution is -2.20. The Labute approximate surface area is 64.1 Å². The molecular weight excluding hydrogens is 99.7 g/mol. The van der Waals surface area contributed by atoms with Gasteiger partial charge in [0.05, 0.1) is 29.2 Å². The van der Waals surface area contributed by atoms with Crippen LogP contribution in [0.25, 0.3) is 0 Å². The molecule has 0 aliphatic carbocycles. The minimum atomic E-state index is 1.37. The summed E-state index contributed by atoms with van der Waals surface area (Å²) in [5.41, 5.74) is 0. The van der Waals surface area contributed by atoms with Gasteiger partial charge >= 0.3 is 0 Å². The second-order valence-corrected chi connectivity index (χ2v) is 2.77. The molecule has 0 aliphatic rings. The zero-order valence-electron chi connectivity index (χ0n) is 6.95. The maximum Gasteiger partial charge on any atom is 0.0818 e. The normalized spacial score (nSPS) is 7.22. The predicted molar refractivity (Wildman–Crippen MR) is 62.1 cm³/mol. The molecular formula is C2H13B7. The Balaban J connectivity index is 2.60. The van der Waals surface area contributed by atoms with Crippen LogP contribution in [0.15, 0.2) is 0 Å². The lowest BCUT2D eigenvalue weighted by Gasteiger charge is -1.88. The van der Waals surface area contributed by atoms with Crippen LogP contribution < -0.4 is 0 Å². The Kier molecular flexibility index (Phi) is 8.88. The van der Waals surface area contributed by atoms with E-state index in [1.54, 1.807) is 0 Å². The Bertz CT molecular complexity index is 40.2. The van der Waals surface area contributed by atoms with Crippen molar-refractivity contribution in [3.63, 3.8) is 0 Å². The van der Waals surface area contributed by atoms with Gasteiger partial charge in [-0.25, -0.2) is 0 Å². The third kappa shape index (κ3) is 8.45. The summed E-state index contributed by atoms with van der Waals surface area (Å²) in [6, 6.07) is 0. The van der Waals surface area contributed by atoms with Crippen molar-refractivity contribution in [2.45, 2.75) is 13.0 Å². The van der Waals surface area contributed by atoms with Gasteiger partial charge in [0.1, 0.15) is 0 Å². The van der Waals surface area contributed by atoms with Crippen LogP contribution in [-0.4, -0.2) is 50.4 Å². The first-order valence-corrected chi connectivity index (χ1v) is 4.41. The highest BCUT2D eigenvalue weighted by Gasteiger charge is 1.93. The zero-order valence-corrected chi connectivity index (χ0v) is 6.95. The van der Waals surface area contributed by atoms with E-state index in [2.05, 4.69) is 14.6 Å². The summed E-state index contributed by atoms with van der Waals surface area (Å²) in [6.07, 6.45) is 1.45. The maximum atomic E-state index is 2.26. The Hall–Kier alpha value is 0.455. The molecule has 0 heterocycles. The molecule has 0 aromatic rings. The van der Waals surface area contributed by atoms with E-state index < -0.39 is 0 Å². The molecule has 0 saturated heterocycles. The molecule has 0 aromatic heterocycles. The predicted octanol–water partition coefficient (Wildman–Crippen LogP) is -3.76. The second-order valence-electron chi connectivity index (χ2n) is 2.77. The molecule has 7 heteroatoms. The molecule has 0 saturated carbocycles. The standard InChI is InChI=1S/C2H13B7/c1-4-5-2-6-8-9-7-3/h4-9H,2-3H2,1H3. The van der Waals surface area contributed by atoms with E-state index in [9.17, 15) is 0 Å². The smallest absolute Gasteiger partial charge is 0.0818 e.